The zero-order chi connectivity index (χ0) is 29.1. The van der Waals surface area contributed by atoms with Crippen LogP contribution in [0.25, 0.3) is 0 Å². The van der Waals surface area contributed by atoms with E-state index in [4.69, 9.17) is 0 Å². The molecule has 20 nitrogen and oxygen atoms in total. The molecule has 25 heteroatoms. The standard InChI is InChI=1S/4C3H7O5P.Ti/c4*1-2-7-9(6)8-3(4)5;/h4*9H,2H2,1H3,(H,4,5);/q;;;;+4/p-4. The Morgan fingerprint density at radius 1 is 0.459 bits per heavy atom. The van der Waals surface area contributed by atoms with E-state index in [1.54, 1.807) is 27.7 Å². The third kappa shape index (κ3) is 51.9. The minimum absolute atomic E-state index is 0. The van der Waals surface area contributed by atoms with Gasteiger partial charge in [0.15, 0.2) is 0 Å². The summed E-state index contributed by atoms with van der Waals surface area (Å²) in [6, 6.07) is 0. The Hall–Kier alpha value is -1.45. The van der Waals surface area contributed by atoms with Crippen molar-refractivity contribution in [2.24, 2.45) is 0 Å². The van der Waals surface area contributed by atoms with Gasteiger partial charge in [0.25, 0.3) is 57.6 Å². The molecule has 0 aliphatic heterocycles. The Bertz CT molecular complexity index is 612. The quantitative estimate of drug-likeness (QED) is 0.139. The normalized spacial score (nSPS) is 12.2. The molecule has 216 valence electrons. The predicted molar refractivity (Wildman–Crippen MR) is 108 cm³/mol. The summed E-state index contributed by atoms with van der Waals surface area (Å²) < 4.78 is 72.2. The van der Waals surface area contributed by atoms with E-state index in [1.165, 1.54) is 0 Å². The molecule has 0 fully saturated rings. The van der Waals surface area contributed by atoms with Crippen molar-refractivity contribution in [2.45, 2.75) is 27.7 Å². The van der Waals surface area contributed by atoms with Gasteiger partial charge in [-0.05, 0) is 27.7 Å². The van der Waals surface area contributed by atoms with Crippen molar-refractivity contribution in [1.82, 2.24) is 0 Å². The van der Waals surface area contributed by atoms with E-state index in [-0.39, 0.29) is 48.1 Å². The maximum atomic E-state index is 10.2. The molecule has 37 heavy (non-hydrogen) atoms. The van der Waals surface area contributed by atoms with Crippen molar-refractivity contribution in [2.75, 3.05) is 26.4 Å². The summed E-state index contributed by atoms with van der Waals surface area (Å²) in [6.07, 6.45) is -7.31. The van der Waals surface area contributed by atoms with Gasteiger partial charge < -0.3 is 75.8 Å². The minimum atomic E-state index is -2.85. The van der Waals surface area contributed by atoms with Gasteiger partial charge in [0.05, 0.1) is 26.4 Å². The average molecular weight is 660 g/mol. The second-order valence-electron chi connectivity index (χ2n) is 4.14. The van der Waals surface area contributed by atoms with Crippen molar-refractivity contribution in [1.29, 1.82) is 0 Å². The summed E-state index contributed by atoms with van der Waals surface area (Å²) in [5, 5.41) is 38.0. The van der Waals surface area contributed by atoms with Crippen LogP contribution in [0.2, 0.25) is 0 Å². The molecule has 0 N–H and O–H groups in total. The molecule has 0 spiro atoms. The summed E-state index contributed by atoms with van der Waals surface area (Å²) in [4.78, 5) is 38.0. The van der Waals surface area contributed by atoms with Crippen molar-refractivity contribution in [3.8, 4) is 0 Å². The minimum Gasteiger partial charge on any atom is -0.477 e. The Balaban J connectivity index is -0.000000122. The molecule has 0 aliphatic carbocycles. The van der Waals surface area contributed by atoms with Crippen molar-refractivity contribution >= 4 is 57.6 Å². The van der Waals surface area contributed by atoms with Gasteiger partial charge in [-0.3, -0.25) is 18.3 Å². The van der Waals surface area contributed by atoms with Gasteiger partial charge in [-0.25, -0.2) is 0 Å². The van der Waals surface area contributed by atoms with Gasteiger partial charge >= 0.3 is 21.7 Å². The molecule has 0 bridgehead atoms. The van der Waals surface area contributed by atoms with Crippen molar-refractivity contribution in [3.05, 3.63) is 0 Å². The SMILES string of the molecule is CCO[PH](=O)OC(=O)[O-].CCO[PH](=O)OC(=O)[O-].CCO[PH](=O)OC(=O)[O-].CCO[PH](=O)OC(=O)[O-].[Ti+4]. The summed E-state index contributed by atoms with van der Waals surface area (Å²) in [7, 11) is -11.4. The summed E-state index contributed by atoms with van der Waals surface area (Å²) in [5.41, 5.74) is 0. The maximum Gasteiger partial charge on any atom is 4.00 e. The molecule has 0 aliphatic rings. The van der Waals surface area contributed by atoms with Crippen LogP contribution in [-0.2, 0) is 76.2 Å². The second kappa shape index (κ2) is 32.6. The van der Waals surface area contributed by atoms with Gasteiger partial charge in [-0.15, -0.1) is 0 Å². The zero-order valence-corrected chi connectivity index (χ0v) is 25.1. The molecule has 0 rings (SSSR count). The molecule has 0 heterocycles. The van der Waals surface area contributed by atoms with E-state index >= 15 is 0 Å². The Morgan fingerprint density at radius 3 is 0.676 bits per heavy atom. The molecule has 4 unspecified atom stereocenters. The number of carbonyl (C=O) groups excluding carboxylic acids is 4. The largest absolute Gasteiger partial charge is 4.00 e. The number of carbonyl (C=O) groups is 4. The van der Waals surface area contributed by atoms with Crippen LogP contribution in [0.3, 0.4) is 0 Å². The number of hydrogen-bond donors (Lipinski definition) is 0. The Kier molecular flexibility index (Phi) is 40.0. The molecule has 0 radical (unpaired) electrons. The van der Waals surface area contributed by atoms with E-state index in [9.17, 15) is 57.9 Å². The summed E-state index contributed by atoms with van der Waals surface area (Å²) >= 11 is 0. The molecule has 0 saturated carbocycles. The van der Waals surface area contributed by atoms with Gasteiger partial charge in [-0.1, -0.05) is 0 Å². The third-order valence-electron chi connectivity index (χ3n) is 1.72. The van der Waals surface area contributed by atoms with E-state index in [0.717, 1.165) is 0 Å². The second-order valence-corrected chi connectivity index (χ2v) is 8.11. The van der Waals surface area contributed by atoms with Crippen LogP contribution in [-0.4, -0.2) is 51.0 Å². The van der Waals surface area contributed by atoms with Gasteiger partial charge in [0, 0.05) is 0 Å². The van der Waals surface area contributed by atoms with Crippen LogP contribution in [0.15, 0.2) is 0 Å². The van der Waals surface area contributed by atoms with Crippen LogP contribution >= 0.6 is 33.0 Å². The molecular weight excluding hydrogens is 636 g/mol. The van der Waals surface area contributed by atoms with E-state index in [1.807, 2.05) is 0 Å². The topological polar surface area (TPSA) is 303 Å². The van der Waals surface area contributed by atoms with Crippen LogP contribution in [0.5, 0.6) is 0 Å². The van der Waals surface area contributed by atoms with Crippen LogP contribution in [0.1, 0.15) is 27.7 Å². The van der Waals surface area contributed by atoms with Crippen molar-refractivity contribution < 1.29 is 116 Å². The van der Waals surface area contributed by atoms with E-state index < -0.39 is 57.6 Å². The first-order valence-corrected chi connectivity index (χ1v) is 13.8. The summed E-state index contributed by atoms with van der Waals surface area (Å²) in [6.45, 7) is 6.91. The van der Waals surface area contributed by atoms with E-state index in [0.29, 0.717) is 0 Å². The number of hydrogen-bond acceptors (Lipinski definition) is 20. The zero-order valence-electron chi connectivity index (χ0n) is 19.5. The Labute approximate surface area is 227 Å². The number of carboxylic acid groups (broad SMARTS) is 4. The monoisotopic (exact) mass is 660 g/mol. The maximum absolute atomic E-state index is 10.2. The van der Waals surface area contributed by atoms with Gasteiger partial charge in [0.2, 0.25) is 0 Å². The first-order chi connectivity index (χ1) is 16.7. The van der Waals surface area contributed by atoms with Crippen LogP contribution in [0, 0.1) is 0 Å². The fraction of sp³-hybridized carbons (Fsp3) is 0.667. The van der Waals surface area contributed by atoms with Crippen molar-refractivity contribution in [3.63, 3.8) is 0 Å². The smallest absolute Gasteiger partial charge is 0.477 e. The van der Waals surface area contributed by atoms with Gasteiger partial charge in [-0.2, -0.15) is 0 Å². The fourth-order valence-electron chi connectivity index (χ4n) is 0.861. The average Bonchev–Trinajstić information content (AvgIpc) is 2.68. The molecule has 0 saturated heterocycles. The molecular formula is C12H24O20P4Ti. The summed E-state index contributed by atoms with van der Waals surface area (Å²) in [5.74, 6) is 0. The van der Waals surface area contributed by atoms with Crippen LogP contribution < -0.4 is 20.4 Å². The third-order valence-corrected chi connectivity index (χ3v) is 5.15. The fourth-order valence-corrected chi connectivity index (χ4v) is 2.58. The molecule has 0 aromatic heterocycles. The first-order valence-electron chi connectivity index (χ1n) is 8.88. The van der Waals surface area contributed by atoms with E-state index in [2.05, 4.69) is 36.2 Å². The molecule has 0 aromatic rings. The molecule has 0 amide bonds. The van der Waals surface area contributed by atoms with Gasteiger partial charge in [0.1, 0.15) is 0 Å². The number of rotatable bonds is 12. The Morgan fingerprint density at radius 2 is 0.595 bits per heavy atom. The predicted octanol–water partition coefficient (Wildman–Crippen LogP) is -0.913. The van der Waals surface area contributed by atoms with Crippen LogP contribution in [0.4, 0.5) is 19.2 Å². The first kappa shape index (κ1) is 45.5. The molecule has 0 aromatic carbocycles. The molecule has 4 atom stereocenters.